The molecule has 0 spiro atoms. The first-order valence-corrected chi connectivity index (χ1v) is 7.43. The number of benzene rings is 1. The monoisotopic (exact) mass is 282 g/mol. The zero-order valence-corrected chi connectivity index (χ0v) is 11.8. The first-order chi connectivity index (χ1) is 8.86. The van der Waals surface area contributed by atoms with Gasteiger partial charge >= 0.3 is 0 Å². The zero-order chi connectivity index (χ0) is 14.5. The summed E-state index contributed by atoms with van der Waals surface area (Å²) in [6.07, 6.45) is 4.63. The van der Waals surface area contributed by atoms with Gasteiger partial charge in [0.25, 0.3) is 5.91 Å². The van der Waals surface area contributed by atoms with E-state index < -0.39 is 10.0 Å². The van der Waals surface area contributed by atoms with Crippen LogP contribution < -0.4 is 10.5 Å². The Hall–Kier alpha value is -1.66. The van der Waals surface area contributed by atoms with Crippen LogP contribution in [0.2, 0.25) is 0 Å². The molecule has 1 amide bonds. The highest BCUT2D eigenvalue weighted by Gasteiger charge is 2.13. The number of carbonyl (C=O) groups excluding carboxylic acids is 1. The van der Waals surface area contributed by atoms with Crippen LogP contribution in [-0.4, -0.2) is 20.9 Å². The van der Waals surface area contributed by atoms with Gasteiger partial charge in [-0.05, 0) is 44.0 Å². The summed E-state index contributed by atoms with van der Waals surface area (Å²) in [5, 5.41) is 7.79. The van der Waals surface area contributed by atoms with Crippen molar-refractivity contribution in [2.24, 2.45) is 5.14 Å². The Bertz CT molecular complexity index is 592. The molecule has 0 aliphatic heterocycles. The van der Waals surface area contributed by atoms with E-state index in [-0.39, 0.29) is 10.8 Å². The van der Waals surface area contributed by atoms with Crippen LogP contribution >= 0.6 is 0 Å². The molecule has 0 saturated carbocycles. The van der Waals surface area contributed by atoms with Crippen molar-refractivity contribution in [2.75, 3.05) is 6.54 Å². The number of amides is 1. The summed E-state index contributed by atoms with van der Waals surface area (Å²) in [7, 11) is -3.73. The molecular formula is C13H18N2O3S. The van der Waals surface area contributed by atoms with Gasteiger partial charge in [0.1, 0.15) is 0 Å². The lowest BCUT2D eigenvalue weighted by Gasteiger charge is -2.08. The molecule has 0 aliphatic rings. The molecule has 0 aliphatic carbocycles. The van der Waals surface area contributed by atoms with Crippen molar-refractivity contribution in [1.29, 1.82) is 0 Å². The van der Waals surface area contributed by atoms with Crippen molar-refractivity contribution in [3.05, 3.63) is 41.5 Å². The van der Waals surface area contributed by atoms with Gasteiger partial charge in [0, 0.05) is 12.1 Å². The van der Waals surface area contributed by atoms with E-state index in [1.807, 2.05) is 19.1 Å². The van der Waals surface area contributed by atoms with Crippen LogP contribution in [0.1, 0.15) is 29.3 Å². The summed E-state index contributed by atoms with van der Waals surface area (Å²) >= 11 is 0. The van der Waals surface area contributed by atoms with E-state index in [4.69, 9.17) is 5.14 Å². The molecule has 6 heteroatoms. The van der Waals surface area contributed by atoms with E-state index in [0.717, 1.165) is 6.42 Å². The zero-order valence-electron chi connectivity index (χ0n) is 11.0. The number of carbonyl (C=O) groups is 1. The van der Waals surface area contributed by atoms with Crippen molar-refractivity contribution in [3.63, 3.8) is 0 Å². The normalized spacial score (nSPS) is 11.7. The second-order valence-electron chi connectivity index (χ2n) is 4.14. The fourth-order valence-electron chi connectivity index (χ4n) is 1.60. The molecule has 0 radical (unpaired) electrons. The first kappa shape index (κ1) is 15.4. The van der Waals surface area contributed by atoms with Gasteiger partial charge in [0.05, 0.1) is 4.90 Å². The summed E-state index contributed by atoms with van der Waals surface area (Å²) in [5.41, 5.74) is 1.03. The third-order valence-corrected chi connectivity index (χ3v) is 3.51. The van der Waals surface area contributed by atoms with Gasteiger partial charge in [-0.1, -0.05) is 12.2 Å². The number of primary sulfonamides is 1. The Morgan fingerprint density at radius 1 is 1.42 bits per heavy atom. The standard InChI is InChI=1S/C13H18N2O3S/c1-3-4-5-8-15-13(16)12-7-6-11(9-10(12)2)19(14,17)18/h3-4,6-7,9H,5,8H2,1-2H3,(H,15,16)(H2,14,17,18)/b4-3+. The average molecular weight is 282 g/mol. The minimum Gasteiger partial charge on any atom is -0.352 e. The summed E-state index contributed by atoms with van der Waals surface area (Å²) in [5.74, 6) is -0.219. The van der Waals surface area contributed by atoms with Gasteiger partial charge in [-0.3, -0.25) is 4.79 Å². The lowest BCUT2D eigenvalue weighted by Crippen LogP contribution is -2.25. The molecule has 0 atom stereocenters. The number of rotatable bonds is 5. The molecule has 5 nitrogen and oxygen atoms in total. The van der Waals surface area contributed by atoms with E-state index in [9.17, 15) is 13.2 Å². The molecule has 3 N–H and O–H groups in total. The number of sulfonamides is 1. The van der Waals surface area contributed by atoms with Gasteiger partial charge in [0.15, 0.2) is 0 Å². The molecule has 0 saturated heterocycles. The Labute approximate surface area is 113 Å². The number of nitrogens with two attached hydrogens (primary N) is 1. The molecule has 0 unspecified atom stereocenters. The third-order valence-electron chi connectivity index (χ3n) is 2.60. The number of hydrogen-bond donors (Lipinski definition) is 2. The van der Waals surface area contributed by atoms with Crippen LogP contribution in [0, 0.1) is 6.92 Å². The third kappa shape index (κ3) is 4.50. The van der Waals surface area contributed by atoms with Crippen molar-refractivity contribution in [1.82, 2.24) is 5.32 Å². The van der Waals surface area contributed by atoms with E-state index in [0.29, 0.717) is 17.7 Å². The molecule has 0 heterocycles. The Morgan fingerprint density at radius 3 is 2.63 bits per heavy atom. The minimum absolute atomic E-state index is 0.00969. The van der Waals surface area contributed by atoms with Crippen LogP contribution in [0.25, 0.3) is 0 Å². The molecule has 1 aromatic rings. The highest BCUT2D eigenvalue weighted by Crippen LogP contribution is 2.14. The van der Waals surface area contributed by atoms with Gasteiger partial charge in [-0.2, -0.15) is 0 Å². The molecule has 1 rings (SSSR count). The predicted octanol–water partition coefficient (Wildman–Crippen LogP) is 1.34. The Kier molecular flexibility index (Phi) is 5.26. The van der Waals surface area contributed by atoms with Crippen molar-refractivity contribution in [2.45, 2.75) is 25.2 Å². The van der Waals surface area contributed by atoms with E-state index in [1.165, 1.54) is 18.2 Å². The number of allylic oxidation sites excluding steroid dienone is 1. The molecule has 0 fully saturated rings. The van der Waals surface area contributed by atoms with Crippen LogP contribution in [0.5, 0.6) is 0 Å². The SMILES string of the molecule is C/C=C/CCNC(=O)c1ccc(S(N)(=O)=O)cc1C. The number of nitrogens with one attached hydrogen (secondary N) is 1. The number of hydrogen-bond acceptors (Lipinski definition) is 3. The smallest absolute Gasteiger partial charge is 0.251 e. The summed E-state index contributed by atoms with van der Waals surface area (Å²) in [6.45, 7) is 4.13. The Balaban J connectivity index is 2.82. The van der Waals surface area contributed by atoms with Crippen LogP contribution in [0.3, 0.4) is 0 Å². The van der Waals surface area contributed by atoms with Crippen molar-refractivity contribution >= 4 is 15.9 Å². The maximum absolute atomic E-state index is 11.9. The largest absolute Gasteiger partial charge is 0.352 e. The van der Waals surface area contributed by atoms with Gasteiger partial charge in [0.2, 0.25) is 10.0 Å². The van der Waals surface area contributed by atoms with Gasteiger partial charge in [-0.25, -0.2) is 13.6 Å². The highest BCUT2D eigenvalue weighted by atomic mass is 32.2. The first-order valence-electron chi connectivity index (χ1n) is 5.89. The van der Waals surface area contributed by atoms with E-state index >= 15 is 0 Å². The van der Waals surface area contributed by atoms with Crippen LogP contribution in [-0.2, 0) is 10.0 Å². The molecule has 0 bridgehead atoms. The van der Waals surface area contributed by atoms with E-state index in [2.05, 4.69) is 5.32 Å². The van der Waals surface area contributed by atoms with Gasteiger partial charge < -0.3 is 5.32 Å². The maximum atomic E-state index is 11.9. The highest BCUT2D eigenvalue weighted by molar-refractivity contribution is 7.89. The molecule has 104 valence electrons. The molecule has 19 heavy (non-hydrogen) atoms. The summed E-state index contributed by atoms with van der Waals surface area (Å²) in [4.78, 5) is 11.9. The van der Waals surface area contributed by atoms with E-state index in [1.54, 1.807) is 6.92 Å². The van der Waals surface area contributed by atoms with Crippen LogP contribution in [0.15, 0.2) is 35.2 Å². The van der Waals surface area contributed by atoms with Crippen molar-refractivity contribution < 1.29 is 13.2 Å². The molecule has 0 aromatic heterocycles. The average Bonchev–Trinajstić information content (AvgIpc) is 2.33. The maximum Gasteiger partial charge on any atom is 0.251 e. The topological polar surface area (TPSA) is 89.3 Å². The van der Waals surface area contributed by atoms with Gasteiger partial charge in [-0.15, -0.1) is 0 Å². The van der Waals surface area contributed by atoms with Crippen molar-refractivity contribution in [3.8, 4) is 0 Å². The summed E-state index contributed by atoms with van der Waals surface area (Å²) < 4.78 is 22.4. The summed E-state index contributed by atoms with van der Waals surface area (Å²) in [6, 6.07) is 4.21. The quantitative estimate of drug-likeness (QED) is 0.631. The Morgan fingerprint density at radius 2 is 2.11 bits per heavy atom. The fourth-order valence-corrected chi connectivity index (χ4v) is 2.20. The van der Waals surface area contributed by atoms with Crippen LogP contribution in [0.4, 0.5) is 0 Å². The molecular weight excluding hydrogens is 264 g/mol. The number of aryl methyl sites for hydroxylation is 1. The molecule has 1 aromatic carbocycles. The minimum atomic E-state index is -3.73. The second-order valence-corrected chi connectivity index (χ2v) is 5.70. The lowest BCUT2D eigenvalue weighted by molar-refractivity contribution is 0.0953. The second kappa shape index (κ2) is 6.49. The predicted molar refractivity (Wildman–Crippen MR) is 74.3 cm³/mol. The lowest BCUT2D eigenvalue weighted by atomic mass is 10.1. The fraction of sp³-hybridized carbons (Fsp3) is 0.308.